The van der Waals surface area contributed by atoms with Gasteiger partial charge in [0, 0.05) is 0 Å². The lowest BCUT2D eigenvalue weighted by Gasteiger charge is -2.18. The second-order valence-corrected chi connectivity index (χ2v) is 3.88. The van der Waals surface area contributed by atoms with Crippen LogP contribution in [0.15, 0.2) is 12.8 Å². The molecule has 2 heteroatoms. The molecule has 0 saturated heterocycles. The minimum Gasteiger partial charge on any atom is -0.435 e. The van der Waals surface area contributed by atoms with E-state index in [1.165, 1.54) is 25.5 Å². The van der Waals surface area contributed by atoms with Crippen molar-refractivity contribution < 1.29 is 9.53 Å². The molecule has 2 rings (SSSR count). The minimum absolute atomic E-state index is 0.0581. The standard InChI is InChI=1S/C10H14O2/c1-2-12-10(11)9-6-7-3-4-8(9)5-7/h2,7-9H,1,3-6H2/t7-,8+,9+/m0/s1. The summed E-state index contributed by atoms with van der Waals surface area (Å²) in [5.74, 6) is 1.54. The summed E-state index contributed by atoms with van der Waals surface area (Å²) in [5, 5.41) is 0. The van der Waals surface area contributed by atoms with E-state index in [4.69, 9.17) is 4.74 Å². The Morgan fingerprint density at radius 3 is 2.75 bits per heavy atom. The van der Waals surface area contributed by atoms with Crippen LogP contribution in [0.3, 0.4) is 0 Å². The maximum atomic E-state index is 11.3. The summed E-state index contributed by atoms with van der Waals surface area (Å²) in [5.41, 5.74) is 0. The molecule has 0 aromatic heterocycles. The summed E-state index contributed by atoms with van der Waals surface area (Å²) in [6, 6.07) is 0. The summed E-state index contributed by atoms with van der Waals surface area (Å²) < 4.78 is 4.80. The summed E-state index contributed by atoms with van der Waals surface area (Å²) in [6.45, 7) is 3.39. The molecule has 2 bridgehead atoms. The van der Waals surface area contributed by atoms with Crippen LogP contribution < -0.4 is 0 Å². The van der Waals surface area contributed by atoms with E-state index in [-0.39, 0.29) is 11.9 Å². The van der Waals surface area contributed by atoms with Gasteiger partial charge in [-0.05, 0) is 31.1 Å². The van der Waals surface area contributed by atoms with Crippen molar-refractivity contribution in [1.29, 1.82) is 0 Å². The topological polar surface area (TPSA) is 26.3 Å². The van der Waals surface area contributed by atoms with E-state index in [1.54, 1.807) is 0 Å². The van der Waals surface area contributed by atoms with Gasteiger partial charge in [-0.15, -0.1) is 0 Å². The Morgan fingerprint density at radius 1 is 1.42 bits per heavy atom. The molecule has 3 atom stereocenters. The number of hydrogen-bond donors (Lipinski definition) is 0. The predicted molar refractivity (Wildman–Crippen MR) is 45.2 cm³/mol. The molecule has 12 heavy (non-hydrogen) atoms. The molecule has 0 unspecified atom stereocenters. The van der Waals surface area contributed by atoms with Crippen LogP contribution in [0.5, 0.6) is 0 Å². The fraction of sp³-hybridized carbons (Fsp3) is 0.700. The summed E-state index contributed by atoms with van der Waals surface area (Å²) in [4.78, 5) is 11.3. The van der Waals surface area contributed by atoms with Gasteiger partial charge in [-0.25, -0.2) is 0 Å². The highest BCUT2D eigenvalue weighted by Gasteiger charge is 2.43. The van der Waals surface area contributed by atoms with Gasteiger partial charge in [0.2, 0.25) is 0 Å². The van der Waals surface area contributed by atoms with Crippen molar-refractivity contribution in [3.63, 3.8) is 0 Å². The summed E-state index contributed by atoms with van der Waals surface area (Å²) >= 11 is 0. The van der Waals surface area contributed by atoms with Crippen molar-refractivity contribution in [3.8, 4) is 0 Å². The van der Waals surface area contributed by atoms with Crippen LogP contribution in [-0.4, -0.2) is 5.97 Å². The van der Waals surface area contributed by atoms with E-state index in [9.17, 15) is 4.79 Å². The lowest BCUT2D eigenvalue weighted by atomic mass is 9.89. The maximum Gasteiger partial charge on any atom is 0.314 e. The Kier molecular flexibility index (Phi) is 1.91. The monoisotopic (exact) mass is 166 g/mol. The summed E-state index contributed by atoms with van der Waals surface area (Å²) in [6.07, 6.45) is 6.09. The SMILES string of the molecule is C=COC(=O)[C@@H]1C[C@H]2CC[C@@H]1C2. The molecule has 0 radical (unpaired) electrons. The van der Waals surface area contributed by atoms with Gasteiger partial charge < -0.3 is 4.74 Å². The number of carbonyl (C=O) groups excluding carboxylic acids is 1. The third-order valence-corrected chi connectivity index (χ3v) is 3.24. The first-order valence-electron chi connectivity index (χ1n) is 4.62. The van der Waals surface area contributed by atoms with Crippen molar-refractivity contribution in [1.82, 2.24) is 0 Å². The first kappa shape index (κ1) is 7.84. The van der Waals surface area contributed by atoms with E-state index in [1.807, 2.05) is 0 Å². The second kappa shape index (κ2) is 2.92. The molecule has 2 fully saturated rings. The average Bonchev–Trinajstić information content (AvgIpc) is 2.64. The molecular weight excluding hydrogens is 152 g/mol. The predicted octanol–water partition coefficient (Wildman–Crippen LogP) is 2.11. The van der Waals surface area contributed by atoms with Crippen molar-refractivity contribution in [2.24, 2.45) is 17.8 Å². The average molecular weight is 166 g/mol. The molecule has 0 N–H and O–H groups in total. The van der Waals surface area contributed by atoms with Gasteiger partial charge in [-0.3, -0.25) is 4.79 Å². The van der Waals surface area contributed by atoms with Gasteiger partial charge in [-0.1, -0.05) is 13.0 Å². The number of carbonyl (C=O) groups is 1. The highest BCUT2D eigenvalue weighted by atomic mass is 16.5. The molecule has 66 valence electrons. The molecule has 0 amide bonds. The second-order valence-electron chi connectivity index (χ2n) is 3.88. The molecule has 0 aromatic rings. The van der Waals surface area contributed by atoms with Gasteiger partial charge >= 0.3 is 5.97 Å². The van der Waals surface area contributed by atoms with Gasteiger partial charge in [0.1, 0.15) is 0 Å². The third kappa shape index (κ3) is 1.15. The zero-order valence-corrected chi connectivity index (χ0v) is 7.16. The van der Waals surface area contributed by atoms with Crippen LogP contribution in [0.1, 0.15) is 25.7 Å². The highest BCUT2D eigenvalue weighted by Crippen LogP contribution is 2.48. The Hall–Kier alpha value is -0.790. The number of esters is 1. The van der Waals surface area contributed by atoms with Crippen LogP contribution in [0.25, 0.3) is 0 Å². The van der Waals surface area contributed by atoms with Crippen molar-refractivity contribution in [2.45, 2.75) is 25.7 Å². The molecule has 0 heterocycles. The van der Waals surface area contributed by atoms with E-state index in [2.05, 4.69) is 6.58 Å². The first-order chi connectivity index (χ1) is 5.81. The van der Waals surface area contributed by atoms with Crippen molar-refractivity contribution >= 4 is 5.97 Å². The van der Waals surface area contributed by atoms with Crippen LogP contribution in [0.4, 0.5) is 0 Å². The van der Waals surface area contributed by atoms with Gasteiger partial charge in [0.25, 0.3) is 0 Å². The van der Waals surface area contributed by atoms with E-state index in [0.717, 1.165) is 12.3 Å². The lowest BCUT2D eigenvalue weighted by molar-refractivity contribution is -0.144. The number of hydrogen-bond acceptors (Lipinski definition) is 2. The molecular formula is C10H14O2. The van der Waals surface area contributed by atoms with Crippen molar-refractivity contribution in [3.05, 3.63) is 12.8 Å². The first-order valence-corrected chi connectivity index (χ1v) is 4.62. The Labute approximate surface area is 72.6 Å². The maximum absolute atomic E-state index is 11.3. The fourth-order valence-corrected chi connectivity index (χ4v) is 2.70. The van der Waals surface area contributed by atoms with Crippen LogP contribution in [-0.2, 0) is 9.53 Å². The van der Waals surface area contributed by atoms with Crippen molar-refractivity contribution in [2.75, 3.05) is 0 Å². The molecule has 2 nitrogen and oxygen atoms in total. The molecule has 2 aliphatic carbocycles. The molecule has 0 aromatic carbocycles. The minimum atomic E-state index is -0.0581. The Balaban J connectivity index is 1.97. The summed E-state index contributed by atoms with van der Waals surface area (Å²) in [7, 11) is 0. The normalized spacial score (nSPS) is 38.2. The lowest BCUT2D eigenvalue weighted by Crippen LogP contribution is -2.21. The zero-order valence-electron chi connectivity index (χ0n) is 7.16. The number of ether oxygens (including phenoxy) is 1. The quantitative estimate of drug-likeness (QED) is 0.464. The third-order valence-electron chi connectivity index (χ3n) is 3.24. The Bertz CT molecular complexity index is 210. The van der Waals surface area contributed by atoms with E-state index < -0.39 is 0 Å². The molecule has 2 aliphatic rings. The molecule has 2 saturated carbocycles. The molecule has 0 spiro atoms. The van der Waals surface area contributed by atoms with Crippen LogP contribution in [0.2, 0.25) is 0 Å². The van der Waals surface area contributed by atoms with Gasteiger partial charge in [0.05, 0.1) is 12.2 Å². The van der Waals surface area contributed by atoms with E-state index in [0.29, 0.717) is 5.92 Å². The van der Waals surface area contributed by atoms with E-state index >= 15 is 0 Å². The number of rotatable bonds is 2. The van der Waals surface area contributed by atoms with Crippen LogP contribution in [0, 0.1) is 17.8 Å². The molecule has 0 aliphatic heterocycles. The fourth-order valence-electron chi connectivity index (χ4n) is 2.70. The largest absolute Gasteiger partial charge is 0.435 e. The zero-order chi connectivity index (χ0) is 8.55. The van der Waals surface area contributed by atoms with Crippen LogP contribution >= 0.6 is 0 Å². The Morgan fingerprint density at radius 2 is 2.25 bits per heavy atom. The number of fused-ring (bicyclic) bond motifs is 2. The van der Waals surface area contributed by atoms with Gasteiger partial charge in [-0.2, -0.15) is 0 Å². The van der Waals surface area contributed by atoms with Gasteiger partial charge in [0.15, 0.2) is 0 Å². The smallest absolute Gasteiger partial charge is 0.314 e. The highest BCUT2D eigenvalue weighted by molar-refractivity contribution is 5.74.